The molecule has 1 aliphatic rings. The zero-order valence-electron chi connectivity index (χ0n) is 19.8. The van der Waals surface area contributed by atoms with Crippen LogP contribution in [-0.2, 0) is 32.1 Å². The molecule has 184 valence electrons. The first-order valence-electron chi connectivity index (χ1n) is 11.7. The van der Waals surface area contributed by atoms with Gasteiger partial charge in [-0.15, -0.1) is 0 Å². The van der Waals surface area contributed by atoms with Crippen molar-refractivity contribution in [1.29, 1.82) is 0 Å². The lowest BCUT2D eigenvalue weighted by molar-refractivity contribution is -0.129. The number of carbonyl (C=O) groups excluding carboxylic acids is 4. The fourth-order valence-corrected chi connectivity index (χ4v) is 3.69. The van der Waals surface area contributed by atoms with Gasteiger partial charge in [-0.3, -0.25) is 19.2 Å². The molecule has 0 fully saturated rings. The monoisotopic (exact) mass is 471 g/mol. The number of hydrogen-bond acceptors (Lipinski definition) is 4. The van der Waals surface area contributed by atoms with Crippen LogP contribution in [0.4, 0.5) is 4.39 Å². The smallest absolute Gasteiger partial charge is 0.231 e. The number of rotatable bonds is 14. The lowest BCUT2D eigenvalue weighted by atomic mass is 9.99. The fraction of sp³-hybridized carbons (Fsp3) is 0.462. The minimum atomic E-state index is -0.965. The number of benzene rings is 1. The van der Waals surface area contributed by atoms with Gasteiger partial charge in [0.1, 0.15) is 5.83 Å². The molecule has 7 nitrogen and oxygen atoms in total. The lowest BCUT2D eigenvalue weighted by Crippen LogP contribution is -2.44. The molecule has 0 bridgehead atoms. The van der Waals surface area contributed by atoms with Crippen molar-refractivity contribution in [2.75, 3.05) is 0 Å². The average molecular weight is 472 g/mol. The Bertz CT molecular complexity index is 940. The van der Waals surface area contributed by atoms with Gasteiger partial charge in [-0.1, -0.05) is 63.5 Å². The number of amides is 3. The third-order valence-corrected chi connectivity index (χ3v) is 5.68. The number of carbonyl (C=O) groups is 4. The highest BCUT2D eigenvalue weighted by Crippen LogP contribution is 2.23. The normalized spacial score (nSPS) is 14.5. The van der Waals surface area contributed by atoms with E-state index in [-0.39, 0.29) is 49.0 Å². The van der Waals surface area contributed by atoms with Gasteiger partial charge in [-0.25, -0.2) is 4.39 Å². The van der Waals surface area contributed by atoms with Crippen molar-refractivity contribution in [2.24, 2.45) is 5.73 Å². The number of nitrogens with one attached hydrogen (secondary N) is 1. The van der Waals surface area contributed by atoms with Crippen LogP contribution in [0.25, 0.3) is 0 Å². The zero-order valence-corrected chi connectivity index (χ0v) is 19.8. The van der Waals surface area contributed by atoms with Crippen LogP contribution in [0, 0.1) is 0 Å². The molecule has 0 spiro atoms. The van der Waals surface area contributed by atoms with Gasteiger partial charge in [0, 0.05) is 19.0 Å². The quantitative estimate of drug-likeness (QED) is 0.404. The largest absolute Gasteiger partial charge is 0.370 e. The van der Waals surface area contributed by atoms with E-state index in [9.17, 15) is 23.6 Å². The molecule has 0 saturated carbocycles. The second-order valence-electron chi connectivity index (χ2n) is 8.69. The highest BCUT2D eigenvalue weighted by molar-refractivity contribution is 5.94. The van der Waals surface area contributed by atoms with E-state index in [2.05, 4.69) is 18.8 Å². The van der Waals surface area contributed by atoms with E-state index in [1.807, 2.05) is 0 Å². The molecule has 0 aliphatic carbocycles. The molecule has 1 atom stereocenters. The van der Waals surface area contributed by atoms with Crippen molar-refractivity contribution in [3.63, 3.8) is 0 Å². The number of primary amides is 1. The maximum atomic E-state index is 13.8. The van der Waals surface area contributed by atoms with Crippen molar-refractivity contribution >= 4 is 23.5 Å². The Labute approximate surface area is 200 Å². The standard InChI is InChI=1S/C26H34FN3O4/c1-3-4-5-6-7-8-25(33)29-22(15-24(28)32)23(31)14-19-9-11-20(12-10-19)16-30-17-21(27)18(2)13-26(30)34/h9-12,17,22H,2-8,13-16H2,1H3,(H2,28,32)(H,29,33)/t22-/m1/s1. The number of Topliss-reactive ketones (excluding diaryl/α,β-unsaturated/α-hetero) is 1. The molecule has 1 aromatic rings. The van der Waals surface area contributed by atoms with Gasteiger partial charge in [0.05, 0.1) is 25.4 Å². The third-order valence-electron chi connectivity index (χ3n) is 5.68. The van der Waals surface area contributed by atoms with Crippen molar-refractivity contribution in [2.45, 2.75) is 77.3 Å². The summed E-state index contributed by atoms with van der Waals surface area (Å²) < 4.78 is 13.8. The topological polar surface area (TPSA) is 110 Å². The van der Waals surface area contributed by atoms with E-state index >= 15 is 0 Å². The third kappa shape index (κ3) is 8.92. The summed E-state index contributed by atoms with van der Waals surface area (Å²) in [6.45, 7) is 5.84. The first kappa shape index (κ1) is 27.0. The zero-order chi connectivity index (χ0) is 25.1. The predicted molar refractivity (Wildman–Crippen MR) is 128 cm³/mol. The van der Waals surface area contributed by atoms with Crippen molar-refractivity contribution in [3.05, 3.63) is 59.6 Å². The van der Waals surface area contributed by atoms with Crippen LogP contribution in [0.3, 0.4) is 0 Å². The summed E-state index contributed by atoms with van der Waals surface area (Å²) in [4.78, 5) is 49.8. The number of nitrogens with two attached hydrogens (primary N) is 1. The Morgan fingerprint density at radius 1 is 1.12 bits per heavy atom. The Morgan fingerprint density at radius 3 is 2.41 bits per heavy atom. The fourth-order valence-electron chi connectivity index (χ4n) is 3.69. The van der Waals surface area contributed by atoms with Crippen LogP contribution < -0.4 is 11.1 Å². The molecule has 0 unspecified atom stereocenters. The average Bonchev–Trinajstić information content (AvgIpc) is 2.78. The van der Waals surface area contributed by atoms with E-state index < -0.39 is 17.8 Å². The summed E-state index contributed by atoms with van der Waals surface area (Å²) in [5.74, 6) is -1.97. The van der Waals surface area contributed by atoms with Crippen LogP contribution in [0.1, 0.15) is 69.4 Å². The molecule has 34 heavy (non-hydrogen) atoms. The number of nitrogens with zero attached hydrogens (tertiary/aromatic N) is 1. The number of ketones is 1. The first-order valence-corrected chi connectivity index (χ1v) is 11.7. The molecule has 1 aromatic carbocycles. The van der Waals surface area contributed by atoms with Gasteiger partial charge in [0.15, 0.2) is 5.78 Å². The molecule has 0 radical (unpaired) electrons. The van der Waals surface area contributed by atoms with E-state index in [1.54, 1.807) is 24.3 Å². The maximum Gasteiger partial charge on any atom is 0.231 e. The van der Waals surface area contributed by atoms with Gasteiger partial charge in [-0.05, 0) is 23.1 Å². The second-order valence-corrected chi connectivity index (χ2v) is 8.69. The molecule has 8 heteroatoms. The maximum absolute atomic E-state index is 13.8. The first-order chi connectivity index (χ1) is 16.2. The van der Waals surface area contributed by atoms with Crippen LogP contribution in [-0.4, -0.2) is 34.4 Å². The van der Waals surface area contributed by atoms with E-state index in [0.717, 1.165) is 43.9 Å². The van der Waals surface area contributed by atoms with Gasteiger partial charge < -0.3 is 16.0 Å². The highest BCUT2D eigenvalue weighted by atomic mass is 19.1. The summed E-state index contributed by atoms with van der Waals surface area (Å²) in [7, 11) is 0. The highest BCUT2D eigenvalue weighted by Gasteiger charge is 2.24. The summed E-state index contributed by atoms with van der Waals surface area (Å²) >= 11 is 0. The molecular formula is C26H34FN3O4. The summed E-state index contributed by atoms with van der Waals surface area (Å²) in [6.07, 6.45) is 6.15. The summed E-state index contributed by atoms with van der Waals surface area (Å²) in [5, 5.41) is 2.65. The molecule has 0 aromatic heterocycles. The summed E-state index contributed by atoms with van der Waals surface area (Å²) in [5.41, 5.74) is 6.91. The molecule has 0 saturated heterocycles. The van der Waals surface area contributed by atoms with Gasteiger partial charge in [-0.2, -0.15) is 0 Å². The van der Waals surface area contributed by atoms with Gasteiger partial charge in [0.2, 0.25) is 17.7 Å². The Kier molecular flexibility index (Phi) is 10.6. The van der Waals surface area contributed by atoms with Crippen LogP contribution >= 0.6 is 0 Å². The van der Waals surface area contributed by atoms with E-state index in [0.29, 0.717) is 12.0 Å². The number of halogens is 1. The van der Waals surface area contributed by atoms with Crippen molar-refractivity contribution < 1.29 is 23.6 Å². The second kappa shape index (κ2) is 13.4. The molecule has 3 N–H and O–H groups in total. The molecule has 2 rings (SSSR count). The van der Waals surface area contributed by atoms with E-state index in [1.165, 1.54) is 4.90 Å². The molecule has 3 amide bonds. The van der Waals surface area contributed by atoms with Crippen LogP contribution in [0.5, 0.6) is 0 Å². The Balaban J connectivity index is 1.93. The minimum absolute atomic E-state index is 0.0198. The number of allylic oxidation sites excluding steroid dienone is 1. The molecule has 1 aliphatic heterocycles. The predicted octanol–water partition coefficient (Wildman–Crippen LogP) is 3.62. The molecule has 1 heterocycles. The van der Waals surface area contributed by atoms with Crippen LogP contribution in [0.15, 0.2) is 48.4 Å². The van der Waals surface area contributed by atoms with Crippen LogP contribution in [0.2, 0.25) is 0 Å². The summed E-state index contributed by atoms with van der Waals surface area (Å²) in [6, 6.07) is 6.01. The van der Waals surface area contributed by atoms with Gasteiger partial charge >= 0.3 is 0 Å². The van der Waals surface area contributed by atoms with Gasteiger partial charge in [0.25, 0.3) is 0 Å². The van der Waals surface area contributed by atoms with Crippen molar-refractivity contribution in [3.8, 4) is 0 Å². The Hall–Kier alpha value is -3.29. The number of unbranched alkanes of at least 4 members (excludes halogenated alkanes) is 4. The Morgan fingerprint density at radius 2 is 1.76 bits per heavy atom. The minimum Gasteiger partial charge on any atom is -0.370 e. The van der Waals surface area contributed by atoms with Crippen molar-refractivity contribution in [1.82, 2.24) is 10.2 Å². The lowest BCUT2D eigenvalue weighted by Gasteiger charge is -2.23. The SMILES string of the molecule is C=C1CC(=O)N(Cc2ccc(CC(=O)[C@@H](CC(N)=O)NC(=O)CCCCCCC)cc2)C=C1F. The van der Waals surface area contributed by atoms with E-state index in [4.69, 9.17) is 5.73 Å². The number of hydrogen-bond donors (Lipinski definition) is 2. The molecular weight excluding hydrogens is 437 g/mol.